The summed E-state index contributed by atoms with van der Waals surface area (Å²) in [6.45, 7) is 7.09. The average molecular weight is 380 g/mol. The van der Waals surface area contributed by atoms with Crippen molar-refractivity contribution in [1.82, 2.24) is 19.5 Å². The number of hydrogen-bond donors (Lipinski definition) is 0. The van der Waals surface area contributed by atoms with Gasteiger partial charge in [0.15, 0.2) is 5.65 Å². The topological polar surface area (TPSA) is 69.0 Å². The molecule has 2 aromatic heterocycles. The van der Waals surface area contributed by atoms with Crippen molar-refractivity contribution in [3.63, 3.8) is 0 Å². The zero-order chi connectivity index (χ0) is 19.5. The molecule has 0 saturated carbocycles. The van der Waals surface area contributed by atoms with Gasteiger partial charge in [0.2, 0.25) is 5.91 Å². The summed E-state index contributed by atoms with van der Waals surface area (Å²) in [6, 6.07) is 11.8. The van der Waals surface area contributed by atoms with Gasteiger partial charge in [-0.15, -0.1) is 0 Å². The first-order valence-electron chi connectivity index (χ1n) is 9.59. The normalized spacial score (nSPS) is 14.4. The van der Waals surface area contributed by atoms with Gasteiger partial charge in [0.25, 0.3) is 0 Å². The molecule has 0 radical (unpaired) electrons. The molecule has 0 N–H and O–H groups in total. The molecule has 1 fully saturated rings. The Morgan fingerprint density at radius 3 is 2.64 bits per heavy atom. The van der Waals surface area contributed by atoms with Gasteiger partial charge >= 0.3 is 0 Å². The average Bonchev–Trinajstić information content (AvgIpc) is 3.12. The molecule has 1 aliphatic rings. The first-order chi connectivity index (χ1) is 13.6. The molecule has 4 rings (SSSR count). The van der Waals surface area contributed by atoms with Crippen molar-refractivity contribution in [2.45, 2.75) is 20.3 Å². The smallest absolute Gasteiger partial charge is 0.228 e. The molecule has 0 unspecified atom stereocenters. The Hall–Kier alpha value is -2.93. The lowest BCUT2D eigenvalue weighted by Crippen LogP contribution is -2.41. The second kappa shape index (κ2) is 7.98. The Morgan fingerprint density at radius 1 is 1.18 bits per heavy atom. The number of aryl methyl sites for hydroxylation is 1. The molecule has 146 valence electrons. The summed E-state index contributed by atoms with van der Waals surface area (Å²) in [5.41, 5.74) is 4.34. The van der Waals surface area contributed by atoms with Crippen LogP contribution in [0.15, 0.2) is 36.4 Å². The Balaban J connectivity index is 1.57. The molecule has 28 heavy (non-hydrogen) atoms. The zero-order valence-corrected chi connectivity index (χ0v) is 16.2. The summed E-state index contributed by atoms with van der Waals surface area (Å²) in [7, 11) is 0. The van der Waals surface area contributed by atoms with Gasteiger partial charge in [0.1, 0.15) is 5.75 Å². The zero-order valence-electron chi connectivity index (χ0n) is 16.2. The molecule has 0 bridgehead atoms. The monoisotopic (exact) mass is 380 g/mol. The summed E-state index contributed by atoms with van der Waals surface area (Å²) in [5, 5.41) is 4.58. The van der Waals surface area contributed by atoms with Crippen molar-refractivity contribution in [2.75, 3.05) is 32.9 Å². The second-order valence-corrected chi connectivity index (χ2v) is 6.82. The van der Waals surface area contributed by atoms with Crippen LogP contribution in [0.25, 0.3) is 16.9 Å². The Bertz CT molecular complexity index is 975. The van der Waals surface area contributed by atoms with E-state index in [4.69, 9.17) is 14.5 Å². The fourth-order valence-electron chi connectivity index (χ4n) is 3.37. The van der Waals surface area contributed by atoms with Crippen LogP contribution in [0, 0.1) is 6.92 Å². The number of hydrogen-bond acceptors (Lipinski definition) is 5. The maximum atomic E-state index is 12.5. The van der Waals surface area contributed by atoms with Crippen molar-refractivity contribution in [3.8, 4) is 17.0 Å². The largest absolute Gasteiger partial charge is 0.494 e. The van der Waals surface area contributed by atoms with E-state index in [-0.39, 0.29) is 12.3 Å². The number of nitrogens with zero attached hydrogens (tertiary/aromatic N) is 4. The highest BCUT2D eigenvalue weighted by Crippen LogP contribution is 2.23. The number of amides is 1. The molecule has 7 nitrogen and oxygen atoms in total. The van der Waals surface area contributed by atoms with Crippen molar-refractivity contribution in [1.29, 1.82) is 0 Å². The van der Waals surface area contributed by atoms with Crippen LogP contribution in [0.5, 0.6) is 5.75 Å². The molecule has 0 atom stereocenters. The van der Waals surface area contributed by atoms with Crippen molar-refractivity contribution in [3.05, 3.63) is 47.8 Å². The molecule has 3 aromatic rings. The van der Waals surface area contributed by atoms with Crippen LogP contribution < -0.4 is 4.74 Å². The van der Waals surface area contributed by atoms with E-state index in [9.17, 15) is 4.79 Å². The maximum Gasteiger partial charge on any atom is 0.228 e. The highest BCUT2D eigenvalue weighted by Gasteiger charge is 2.19. The molecule has 3 heterocycles. The minimum atomic E-state index is 0.0797. The number of carbonyl (C=O) groups excluding carboxylic acids is 1. The van der Waals surface area contributed by atoms with Gasteiger partial charge in [0.05, 0.1) is 37.6 Å². The Morgan fingerprint density at radius 2 is 1.93 bits per heavy atom. The SMILES string of the molecule is CCOc1ccc(-c2cc(C)n3nc(CC(=O)N4CCOCC4)cc3n2)cc1. The second-order valence-electron chi connectivity index (χ2n) is 6.82. The molecular formula is C21H24N4O3. The van der Waals surface area contributed by atoms with Crippen LogP contribution >= 0.6 is 0 Å². The van der Waals surface area contributed by atoms with Crippen LogP contribution in [-0.2, 0) is 16.0 Å². The summed E-state index contributed by atoms with van der Waals surface area (Å²) in [6.07, 6.45) is 0.279. The maximum absolute atomic E-state index is 12.5. The molecular weight excluding hydrogens is 356 g/mol. The van der Waals surface area contributed by atoms with E-state index >= 15 is 0 Å². The number of fused-ring (bicyclic) bond motifs is 1. The van der Waals surface area contributed by atoms with Crippen LogP contribution in [-0.4, -0.2) is 58.3 Å². The number of aromatic nitrogens is 3. The number of ether oxygens (including phenoxy) is 2. The van der Waals surface area contributed by atoms with E-state index in [1.165, 1.54) is 0 Å². The molecule has 1 aromatic carbocycles. The van der Waals surface area contributed by atoms with Gasteiger partial charge < -0.3 is 14.4 Å². The summed E-state index contributed by atoms with van der Waals surface area (Å²) in [4.78, 5) is 19.1. The van der Waals surface area contributed by atoms with Crippen LogP contribution in [0.3, 0.4) is 0 Å². The third kappa shape index (κ3) is 3.84. The lowest BCUT2D eigenvalue weighted by Gasteiger charge is -2.26. The fraction of sp³-hybridized carbons (Fsp3) is 0.381. The van der Waals surface area contributed by atoms with Crippen molar-refractivity contribution < 1.29 is 14.3 Å². The van der Waals surface area contributed by atoms with Gasteiger partial charge in [-0.2, -0.15) is 5.10 Å². The van der Waals surface area contributed by atoms with Crippen molar-refractivity contribution >= 4 is 11.6 Å². The van der Waals surface area contributed by atoms with Gasteiger partial charge in [-0.1, -0.05) is 0 Å². The van der Waals surface area contributed by atoms with Crippen LogP contribution in [0.2, 0.25) is 0 Å². The quantitative estimate of drug-likeness (QED) is 0.680. The summed E-state index contributed by atoms with van der Waals surface area (Å²) < 4.78 is 12.6. The predicted octanol–water partition coefficient (Wildman–Crippen LogP) is 2.50. The fourth-order valence-corrected chi connectivity index (χ4v) is 3.37. The minimum absolute atomic E-state index is 0.0797. The third-order valence-corrected chi connectivity index (χ3v) is 4.81. The van der Waals surface area contributed by atoms with Gasteiger partial charge in [0, 0.05) is 30.4 Å². The lowest BCUT2D eigenvalue weighted by molar-refractivity contribution is -0.134. The molecule has 0 spiro atoms. The summed E-state index contributed by atoms with van der Waals surface area (Å²) in [5.74, 6) is 0.924. The van der Waals surface area contributed by atoms with Gasteiger partial charge in [-0.3, -0.25) is 4.79 Å². The predicted molar refractivity (Wildman–Crippen MR) is 105 cm³/mol. The molecule has 1 aliphatic heterocycles. The molecule has 1 amide bonds. The minimum Gasteiger partial charge on any atom is -0.494 e. The van der Waals surface area contributed by atoms with E-state index < -0.39 is 0 Å². The van der Waals surface area contributed by atoms with Crippen LogP contribution in [0.1, 0.15) is 18.3 Å². The number of benzene rings is 1. The molecule has 1 saturated heterocycles. The summed E-state index contributed by atoms with van der Waals surface area (Å²) >= 11 is 0. The Labute approximate surface area is 163 Å². The molecule has 0 aliphatic carbocycles. The number of rotatable bonds is 5. The van der Waals surface area contributed by atoms with Crippen LogP contribution in [0.4, 0.5) is 0 Å². The van der Waals surface area contributed by atoms with Gasteiger partial charge in [-0.25, -0.2) is 9.50 Å². The Kier molecular flexibility index (Phi) is 5.25. The van der Waals surface area contributed by atoms with Gasteiger partial charge in [-0.05, 0) is 44.2 Å². The number of carbonyl (C=O) groups is 1. The highest BCUT2D eigenvalue weighted by molar-refractivity contribution is 5.78. The number of morpholine rings is 1. The van der Waals surface area contributed by atoms with E-state index in [2.05, 4.69) is 5.10 Å². The lowest BCUT2D eigenvalue weighted by atomic mass is 10.1. The first kappa shape index (κ1) is 18.4. The molecule has 7 heteroatoms. The standard InChI is InChI=1S/C21H24N4O3/c1-3-28-18-6-4-16(5-7-18)19-12-15(2)25-20(22-19)13-17(23-25)14-21(26)24-8-10-27-11-9-24/h4-7,12-13H,3,8-11,14H2,1-2H3. The van der Waals surface area contributed by atoms with E-state index in [1.54, 1.807) is 4.52 Å². The van der Waals surface area contributed by atoms with E-state index in [0.717, 1.165) is 34.0 Å². The van der Waals surface area contributed by atoms with E-state index in [0.29, 0.717) is 32.9 Å². The third-order valence-electron chi connectivity index (χ3n) is 4.81. The first-order valence-corrected chi connectivity index (χ1v) is 9.59. The highest BCUT2D eigenvalue weighted by atomic mass is 16.5. The van der Waals surface area contributed by atoms with Crippen molar-refractivity contribution in [2.24, 2.45) is 0 Å². The van der Waals surface area contributed by atoms with E-state index in [1.807, 2.05) is 55.1 Å².